The van der Waals surface area contributed by atoms with Crippen LogP contribution in [0.15, 0.2) is 18.2 Å². The van der Waals surface area contributed by atoms with E-state index in [2.05, 4.69) is 52.0 Å². The molecule has 1 rings (SSSR count). The second-order valence-electron chi connectivity index (χ2n) is 4.34. The van der Waals surface area contributed by atoms with Gasteiger partial charge in [-0.25, -0.2) is 0 Å². The van der Waals surface area contributed by atoms with Crippen LogP contribution < -0.4 is 4.74 Å². The highest BCUT2D eigenvalue weighted by Gasteiger charge is 2.09. The molecule has 0 bridgehead atoms. The zero-order valence-electron chi connectivity index (χ0n) is 11.0. The van der Waals surface area contributed by atoms with Gasteiger partial charge in [0.2, 0.25) is 0 Å². The molecule has 0 N–H and O–H groups in total. The van der Waals surface area contributed by atoms with E-state index in [9.17, 15) is 0 Å². The monoisotopic (exact) mass is 218 g/mol. The average molecular weight is 218 g/mol. The Kier molecular flexibility index (Phi) is 4.60. The largest absolute Gasteiger partial charge is 0.490 e. The minimum Gasteiger partial charge on any atom is -0.490 e. The Balaban J connectivity index is 3.13. The Morgan fingerprint density at radius 1 is 1.31 bits per heavy atom. The summed E-state index contributed by atoms with van der Waals surface area (Å²) in [5.41, 5.74) is 3.68. The Hall–Kier alpha value is -1.24. The van der Waals surface area contributed by atoms with Gasteiger partial charge in [-0.15, -0.1) is 0 Å². The van der Waals surface area contributed by atoms with E-state index in [0.29, 0.717) is 0 Å². The standard InChI is InChI=1S/C15H22O/c1-6-8-14-10-11(3)9-12(4)15(14)16-13(5)7-2/h6,8-10,13H,7H2,1-5H3/b8-6+. The summed E-state index contributed by atoms with van der Waals surface area (Å²) < 4.78 is 5.98. The fourth-order valence-electron chi connectivity index (χ4n) is 1.74. The first-order valence-corrected chi connectivity index (χ1v) is 5.99. The molecule has 0 saturated heterocycles. The lowest BCUT2D eigenvalue weighted by Gasteiger charge is -2.17. The van der Waals surface area contributed by atoms with Gasteiger partial charge in [-0.1, -0.05) is 30.7 Å². The van der Waals surface area contributed by atoms with Crippen molar-refractivity contribution < 1.29 is 4.74 Å². The van der Waals surface area contributed by atoms with Crippen molar-refractivity contribution in [1.29, 1.82) is 0 Å². The average Bonchev–Trinajstić information content (AvgIpc) is 2.23. The van der Waals surface area contributed by atoms with Gasteiger partial charge in [0.05, 0.1) is 6.10 Å². The van der Waals surface area contributed by atoms with Crippen LogP contribution in [0.3, 0.4) is 0 Å². The molecule has 88 valence electrons. The van der Waals surface area contributed by atoms with Crippen molar-refractivity contribution >= 4 is 6.08 Å². The molecule has 1 nitrogen and oxygen atoms in total. The summed E-state index contributed by atoms with van der Waals surface area (Å²) in [7, 11) is 0. The molecule has 1 aromatic rings. The van der Waals surface area contributed by atoms with Gasteiger partial charge >= 0.3 is 0 Å². The minimum absolute atomic E-state index is 0.269. The van der Waals surface area contributed by atoms with Crippen molar-refractivity contribution in [2.24, 2.45) is 0 Å². The third kappa shape index (κ3) is 3.13. The van der Waals surface area contributed by atoms with Crippen molar-refractivity contribution in [3.8, 4) is 5.75 Å². The van der Waals surface area contributed by atoms with E-state index >= 15 is 0 Å². The molecule has 0 spiro atoms. The molecule has 1 unspecified atom stereocenters. The lowest BCUT2D eigenvalue weighted by molar-refractivity contribution is 0.215. The van der Waals surface area contributed by atoms with Crippen molar-refractivity contribution in [3.63, 3.8) is 0 Å². The van der Waals surface area contributed by atoms with E-state index in [4.69, 9.17) is 4.74 Å². The third-order valence-electron chi connectivity index (χ3n) is 2.69. The minimum atomic E-state index is 0.269. The summed E-state index contributed by atoms with van der Waals surface area (Å²) in [6.45, 7) is 10.5. The summed E-state index contributed by atoms with van der Waals surface area (Å²) in [6, 6.07) is 4.34. The van der Waals surface area contributed by atoms with Crippen molar-refractivity contribution in [2.75, 3.05) is 0 Å². The summed E-state index contributed by atoms with van der Waals surface area (Å²) in [5.74, 6) is 1.03. The van der Waals surface area contributed by atoms with Crippen LogP contribution in [0.1, 0.15) is 43.9 Å². The van der Waals surface area contributed by atoms with Crippen LogP contribution in [-0.2, 0) is 0 Å². The van der Waals surface area contributed by atoms with Gasteiger partial charge in [-0.3, -0.25) is 0 Å². The van der Waals surface area contributed by atoms with E-state index in [1.165, 1.54) is 16.7 Å². The number of hydrogen-bond acceptors (Lipinski definition) is 1. The molecule has 1 atom stereocenters. The smallest absolute Gasteiger partial charge is 0.129 e. The molecule has 0 aliphatic carbocycles. The topological polar surface area (TPSA) is 9.23 Å². The lowest BCUT2D eigenvalue weighted by atomic mass is 10.0. The highest BCUT2D eigenvalue weighted by molar-refractivity contribution is 5.61. The maximum Gasteiger partial charge on any atom is 0.129 e. The fourth-order valence-corrected chi connectivity index (χ4v) is 1.74. The molecule has 0 amide bonds. The quantitative estimate of drug-likeness (QED) is 0.722. The SMILES string of the molecule is C/C=C/c1cc(C)cc(C)c1OC(C)CC. The van der Waals surface area contributed by atoms with E-state index in [-0.39, 0.29) is 6.10 Å². The maximum absolute atomic E-state index is 5.98. The number of hydrogen-bond donors (Lipinski definition) is 0. The van der Waals surface area contributed by atoms with Gasteiger partial charge in [0, 0.05) is 5.56 Å². The van der Waals surface area contributed by atoms with Gasteiger partial charge in [0.1, 0.15) is 5.75 Å². The first kappa shape index (κ1) is 12.8. The predicted molar refractivity (Wildman–Crippen MR) is 71.0 cm³/mol. The zero-order chi connectivity index (χ0) is 12.1. The first-order chi connectivity index (χ1) is 7.58. The number of allylic oxidation sites excluding steroid dienone is 1. The molecule has 16 heavy (non-hydrogen) atoms. The molecule has 0 aliphatic heterocycles. The highest BCUT2D eigenvalue weighted by atomic mass is 16.5. The Morgan fingerprint density at radius 3 is 2.56 bits per heavy atom. The third-order valence-corrected chi connectivity index (χ3v) is 2.69. The summed E-state index contributed by atoms with van der Waals surface area (Å²) in [5, 5.41) is 0. The first-order valence-electron chi connectivity index (χ1n) is 5.99. The molecule has 0 heterocycles. The molecule has 1 aromatic carbocycles. The Labute approximate surface area is 99.1 Å². The maximum atomic E-state index is 5.98. The van der Waals surface area contributed by atoms with Crippen molar-refractivity contribution in [1.82, 2.24) is 0 Å². The van der Waals surface area contributed by atoms with E-state index in [1.54, 1.807) is 0 Å². The molecular formula is C15H22O. The van der Waals surface area contributed by atoms with Gasteiger partial charge in [-0.2, -0.15) is 0 Å². The molecule has 0 aliphatic rings. The molecule has 0 saturated carbocycles. The van der Waals surface area contributed by atoms with Crippen LogP contribution in [0, 0.1) is 13.8 Å². The Bertz CT molecular complexity index is 377. The molecular weight excluding hydrogens is 196 g/mol. The van der Waals surface area contributed by atoms with Crippen LogP contribution in [0.5, 0.6) is 5.75 Å². The summed E-state index contributed by atoms with van der Waals surface area (Å²) in [4.78, 5) is 0. The van der Waals surface area contributed by atoms with Crippen molar-refractivity contribution in [2.45, 2.75) is 47.1 Å². The summed E-state index contributed by atoms with van der Waals surface area (Å²) >= 11 is 0. The van der Waals surface area contributed by atoms with Crippen LogP contribution in [-0.4, -0.2) is 6.10 Å². The molecule has 0 radical (unpaired) electrons. The number of aryl methyl sites for hydroxylation is 2. The highest BCUT2D eigenvalue weighted by Crippen LogP contribution is 2.28. The van der Waals surface area contributed by atoms with Gasteiger partial charge < -0.3 is 4.74 Å². The second kappa shape index (κ2) is 5.74. The molecule has 0 aromatic heterocycles. The van der Waals surface area contributed by atoms with Gasteiger partial charge in [-0.05, 0) is 45.7 Å². The van der Waals surface area contributed by atoms with Gasteiger partial charge in [0.25, 0.3) is 0 Å². The van der Waals surface area contributed by atoms with Crippen LogP contribution in [0.25, 0.3) is 6.08 Å². The normalized spacial score (nSPS) is 13.1. The number of rotatable bonds is 4. The molecule has 1 heteroatoms. The summed E-state index contributed by atoms with van der Waals surface area (Å²) in [6.07, 6.45) is 5.46. The second-order valence-corrected chi connectivity index (χ2v) is 4.34. The van der Waals surface area contributed by atoms with E-state index in [0.717, 1.165) is 12.2 Å². The number of benzene rings is 1. The fraction of sp³-hybridized carbons (Fsp3) is 0.467. The zero-order valence-corrected chi connectivity index (χ0v) is 11.0. The van der Waals surface area contributed by atoms with Crippen LogP contribution in [0.2, 0.25) is 0 Å². The van der Waals surface area contributed by atoms with Gasteiger partial charge in [0.15, 0.2) is 0 Å². The lowest BCUT2D eigenvalue weighted by Crippen LogP contribution is -2.11. The van der Waals surface area contributed by atoms with Crippen LogP contribution >= 0.6 is 0 Å². The van der Waals surface area contributed by atoms with Crippen molar-refractivity contribution in [3.05, 3.63) is 34.9 Å². The Morgan fingerprint density at radius 2 is 2.00 bits per heavy atom. The molecule has 0 fully saturated rings. The van der Waals surface area contributed by atoms with Crippen LogP contribution in [0.4, 0.5) is 0 Å². The number of ether oxygens (including phenoxy) is 1. The predicted octanol–water partition coefficient (Wildman–Crippen LogP) is 4.51. The van der Waals surface area contributed by atoms with E-state index in [1.807, 2.05) is 6.92 Å². The van der Waals surface area contributed by atoms with E-state index < -0.39 is 0 Å².